The number of fused-ring (bicyclic) bond motifs is 5. The van der Waals surface area contributed by atoms with E-state index in [9.17, 15) is 14.7 Å². The molecule has 28 heavy (non-hydrogen) atoms. The van der Waals surface area contributed by atoms with Gasteiger partial charge in [-0.05, 0) is 91.3 Å². The van der Waals surface area contributed by atoms with E-state index in [1.165, 1.54) is 19.3 Å². The highest BCUT2D eigenvalue weighted by molar-refractivity contribution is 5.79. The first-order valence-corrected chi connectivity index (χ1v) is 11.6. The fourth-order valence-electron chi connectivity index (χ4n) is 8.52. The zero-order valence-corrected chi connectivity index (χ0v) is 17.8. The molecule has 0 amide bonds. The van der Waals surface area contributed by atoms with E-state index in [2.05, 4.69) is 20.8 Å². The third-order valence-electron chi connectivity index (χ3n) is 10.2. The molecule has 4 heteroatoms. The number of carboxylic acid groups (broad SMARTS) is 1. The maximum Gasteiger partial charge on any atom is 0.303 e. The topological polar surface area (TPSA) is 74.6 Å². The Morgan fingerprint density at radius 2 is 1.93 bits per heavy atom. The van der Waals surface area contributed by atoms with Gasteiger partial charge in [-0.1, -0.05) is 20.8 Å². The largest absolute Gasteiger partial charge is 0.481 e. The Kier molecular flexibility index (Phi) is 5.17. The van der Waals surface area contributed by atoms with Gasteiger partial charge in [0.2, 0.25) is 0 Å². The lowest BCUT2D eigenvalue weighted by Crippen LogP contribution is -2.58. The van der Waals surface area contributed by atoms with Gasteiger partial charge in [0, 0.05) is 19.3 Å². The Balaban J connectivity index is 1.57. The minimum absolute atomic E-state index is 0.0766. The van der Waals surface area contributed by atoms with Crippen molar-refractivity contribution in [2.24, 2.45) is 46.3 Å². The highest BCUT2D eigenvalue weighted by atomic mass is 16.4. The van der Waals surface area contributed by atoms with Crippen LogP contribution in [-0.4, -0.2) is 28.1 Å². The molecule has 0 aromatic heterocycles. The van der Waals surface area contributed by atoms with Crippen LogP contribution in [0.2, 0.25) is 0 Å². The van der Waals surface area contributed by atoms with E-state index in [1.807, 2.05) is 0 Å². The van der Waals surface area contributed by atoms with Crippen LogP contribution in [-0.2, 0) is 9.59 Å². The summed E-state index contributed by atoms with van der Waals surface area (Å²) in [5, 5.41) is 20.5. The third kappa shape index (κ3) is 2.97. The number of aliphatic hydroxyl groups is 1. The number of aliphatic hydroxyl groups excluding tert-OH is 1. The van der Waals surface area contributed by atoms with Crippen molar-refractivity contribution in [2.75, 3.05) is 0 Å². The Hall–Kier alpha value is -0.900. The number of aliphatic carboxylic acids is 1. The van der Waals surface area contributed by atoms with Gasteiger partial charge in [0.1, 0.15) is 5.78 Å². The van der Waals surface area contributed by atoms with Crippen LogP contribution in [0.3, 0.4) is 0 Å². The molecule has 0 bridgehead atoms. The number of carboxylic acids is 1. The van der Waals surface area contributed by atoms with Crippen molar-refractivity contribution < 1.29 is 19.8 Å². The van der Waals surface area contributed by atoms with Crippen molar-refractivity contribution in [3.8, 4) is 0 Å². The molecule has 158 valence electrons. The first kappa shape index (κ1) is 20.4. The van der Waals surface area contributed by atoms with E-state index >= 15 is 0 Å². The monoisotopic (exact) mass is 390 g/mol. The average molecular weight is 391 g/mol. The van der Waals surface area contributed by atoms with Gasteiger partial charge >= 0.3 is 5.97 Å². The van der Waals surface area contributed by atoms with E-state index < -0.39 is 5.97 Å². The number of rotatable bonds is 4. The van der Waals surface area contributed by atoms with Crippen LogP contribution in [0.5, 0.6) is 0 Å². The minimum Gasteiger partial charge on any atom is -0.481 e. The van der Waals surface area contributed by atoms with Gasteiger partial charge in [-0.15, -0.1) is 0 Å². The molecule has 0 spiro atoms. The van der Waals surface area contributed by atoms with Crippen LogP contribution in [0.4, 0.5) is 0 Å². The van der Waals surface area contributed by atoms with Crippen LogP contribution in [0.15, 0.2) is 0 Å². The van der Waals surface area contributed by atoms with Crippen molar-refractivity contribution in [1.82, 2.24) is 0 Å². The summed E-state index contributed by atoms with van der Waals surface area (Å²) in [6, 6.07) is 0. The first-order chi connectivity index (χ1) is 13.2. The highest BCUT2D eigenvalue weighted by Gasteiger charge is 2.63. The van der Waals surface area contributed by atoms with Gasteiger partial charge in [-0.25, -0.2) is 0 Å². The lowest BCUT2D eigenvalue weighted by Gasteiger charge is -2.62. The molecule has 0 radical (unpaired) electrons. The van der Waals surface area contributed by atoms with Gasteiger partial charge in [-0.2, -0.15) is 0 Å². The molecular weight excluding hydrogens is 352 g/mol. The van der Waals surface area contributed by atoms with Crippen molar-refractivity contribution >= 4 is 11.8 Å². The number of Topliss-reactive ketones (excluding diaryl/α,β-unsaturated/α-hetero) is 1. The van der Waals surface area contributed by atoms with Gasteiger partial charge in [0.05, 0.1) is 6.10 Å². The smallest absolute Gasteiger partial charge is 0.303 e. The quantitative estimate of drug-likeness (QED) is 0.730. The Labute approximate surface area is 169 Å². The molecule has 0 saturated heterocycles. The predicted octanol–water partition coefficient (Wildman–Crippen LogP) is 4.69. The van der Waals surface area contributed by atoms with Gasteiger partial charge < -0.3 is 10.2 Å². The van der Waals surface area contributed by atoms with Crippen LogP contribution < -0.4 is 0 Å². The number of ketones is 1. The van der Waals surface area contributed by atoms with Gasteiger partial charge in [-0.3, -0.25) is 9.59 Å². The standard InChI is InChI=1S/C24H38O4/c1-14(4-9-22(27)28)18-7-8-19-17-6-5-15-12-16(25)10-11-23(15,2)20(17)13-21(26)24(18,19)3/h14-15,17-21,26H,4-13H2,1-3H3,(H,27,28)/t14-,15+,17-,18-,19-,20+,21+,23+,24-/m1/s1. The molecule has 4 rings (SSSR count). The van der Waals surface area contributed by atoms with Crippen LogP contribution >= 0.6 is 0 Å². The summed E-state index contributed by atoms with van der Waals surface area (Å²) in [5.74, 6) is 2.76. The van der Waals surface area contributed by atoms with Crippen LogP contribution in [0.25, 0.3) is 0 Å². The van der Waals surface area contributed by atoms with Crippen LogP contribution in [0, 0.1) is 46.3 Å². The Bertz CT molecular complexity index is 645. The number of carbonyl (C=O) groups is 2. The number of hydrogen-bond donors (Lipinski definition) is 2. The molecule has 4 fully saturated rings. The van der Waals surface area contributed by atoms with Crippen molar-refractivity contribution in [3.05, 3.63) is 0 Å². The molecule has 0 aromatic carbocycles. The zero-order chi connectivity index (χ0) is 20.3. The normalized spacial score (nSPS) is 49.1. The summed E-state index contributed by atoms with van der Waals surface area (Å²) in [7, 11) is 0. The molecule has 4 aliphatic rings. The maximum atomic E-state index is 12.1. The van der Waals surface area contributed by atoms with Gasteiger partial charge in [0.15, 0.2) is 0 Å². The van der Waals surface area contributed by atoms with Gasteiger partial charge in [0.25, 0.3) is 0 Å². The second-order valence-corrected chi connectivity index (χ2v) is 11.1. The number of carbonyl (C=O) groups excluding carboxylic acids is 1. The molecular formula is C24H38O4. The molecule has 0 heterocycles. The summed E-state index contributed by atoms with van der Waals surface area (Å²) in [4.78, 5) is 23.1. The lowest BCUT2D eigenvalue weighted by atomic mass is 9.44. The van der Waals surface area contributed by atoms with E-state index in [1.54, 1.807) is 0 Å². The molecule has 4 aliphatic carbocycles. The summed E-state index contributed by atoms with van der Waals surface area (Å²) >= 11 is 0. The maximum absolute atomic E-state index is 12.1. The zero-order valence-electron chi connectivity index (χ0n) is 17.8. The van der Waals surface area contributed by atoms with Crippen molar-refractivity contribution in [2.45, 2.75) is 91.1 Å². The molecule has 9 atom stereocenters. The molecule has 4 saturated carbocycles. The van der Waals surface area contributed by atoms with E-state index in [0.29, 0.717) is 47.7 Å². The SMILES string of the molecule is C[C@H](CCC(=O)O)[C@H]1CC[C@@H]2[C@H]3CC[C@H]4CC(=O)CC[C@]4(C)[C@H]3C[C@H](O)[C@@]21C. The van der Waals surface area contributed by atoms with E-state index in [-0.39, 0.29) is 23.4 Å². The molecule has 0 aromatic rings. The molecule has 2 N–H and O–H groups in total. The van der Waals surface area contributed by atoms with Crippen molar-refractivity contribution in [3.63, 3.8) is 0 Å². The summed E-state index contributed by atoms with van der Waals surface area (Å²) in [6.45, 7) is 6.93. The number of hydrogen-bond acceptors (Lipinski definition) is 3. The Morgan fingerprint density at radius 3 is 2.64 bits per heavy atom. The summed E-state index contributed by atoms with van der Waals surface area (Å²) in [5.41, 5.74) is 0.138. The Morgan fingerprint density at radius 1 is 1.18 bits per heavy atom. The third-order valence-corrected chi connectivity index (χ3v) is 10.2. The summed E-state index contributed by atoms with van der Waals surface area (Å²) < 4.78 is 0. The van der Waals surface area contributed by atoms with E-state index in [0.717, 1.165) is 32.1 Å². The molecule has 0 unspecified atom stereocenters. The highest BCUT2D eigenvalue weighted by Crippen LogP contribution is 2.68. The summed E-state index contributed by atoms with van der Waals surface area (Å²) in [6.07, 6.45) is 8.69. The van der Waals surface area contributed by atoms with Crippen molar-refractivity contribution in [1.29, 1.82) is 0 Å². The van der Waals surface area contributed by atoms with E-state index in [4.69, 9.17) is 5.11 Å². The predicted molar refractivity (Wildman–Crippen MR) is 108 cm³/mol. The fourth-order valence-corrected chi connectivity index (χ4v) is 8.52. The average Bonchev–Trinajstić information content (AvgIpc) is 3.00. The van der Waals surface area contributed by atoms with Crippen LogP contribution in [0.1, 0.15) is 85.0 Å². The molecule has 0 aliphatic heterocycles. The lowest BCUT2D eigenvalue weighted by molar-refractivity contribution is -0.171. The fraction of sp³-hybridized carbons (Fsp3) is 0.917. The molecule has 4 nitrogen and oxygen atoms in total. The first-order valence-electron chi connectivity index (χ1n) is 11.6. The second kappa shape index (κ2) is 7.11. The second-order valence-electron chi connectivity index (χ2n) is 11.1. The minimum atomic E-state index is -0.714.